The van der Waals surface area contributed by atoms with Crippen molar-refractivity contribution in [2.45, 2.75) is 11.1 Å². The Labute approximate surface area is 181 Å². The normalized spacial score (nSPS) is 17.1. The van der Waals surface area contributed by atoms with Crippen LogP contribution >= 0.6 is 11.6 Å². The maximum atomic E-state index is 13.0. The molecular formula is C19H16ClF3N2O5S. The van der Waals surface area contributed by atoms with Gasteiger partial charge in [0.25, 0.3) is 5.91 Å². The molecule has 2 aromatic rings. The van der Waals surface area contributed by atoms with Gasteiger partial charge in [-0.3, -0.25) is 4.79 Å². The summed E-state index contributed by atoms with van der Waals surface area (Å²) >= 11 is 5.90. The summed E-state index contributed by atoms with van der Waals surface area (Å²) in [5, 5.41) is -0.299. The van der Waals surface area contributed by atoms with Crippen LogP contribution < -0.4 is 9.47 Å². The molecule has 0 radical (unpaired) electrons. The molecule has 1 amide bonds. The van der Waals surface area contributed by atoms with Crippen molar-refractivity contribution in [3.8, 4) is 11.5 Å². The van der Waals surface area contributed by atoms with Crippen molar-refractivity contribution in [3.05, 3.63) is 52.5 Å². The lowest BCUT2D eigenvalue weighted by atomic mass is 10.1. The predicted octanol–water partition coefficient (Wildman–Crippen LogP) is 3.23. The third kappa shape index (κ3) is 4.17. The van der Waals surface area contributed by atoms with Gasteiger partial charge in [0.2, 0.25) is 16.8 Å². The van der Waals surface area contributed by atoms with E-state index in [4.69, 9.17) is 21.1 Å². The first-order valence-corrected chi connectivity index (χ1v) is 10.9. The number of hydrogen-bond donors (Lipinski definition) is 0. The fraction of sp³-hybridized carbons (Fsp3) is 0.316. The molecule has 2 aliphatic rings. The molecule has 0 atom stereocenters. The zero-order valence-corrected chi connectivity index (χ0v) is 17.4. The molecule has 7 nitrogen and oxygen atoms in total. The fourth-order valence-electron chi connectivity index (χ4n) is 3.36. The molecule has 31 heavy (non-hydrogen) atoms. The van der Waals surface area contributed by atoms with Crippen LogP contribution in [0.3, 0.4) is 0 Å². The van der Waals surface area contributed by atoms with Crippen molar-refractivity contribution in [2.75, 3.05) is 33.0 Å². The van der Waals surface area contributed by atoms with Gasteiger partial charge in [0.15, 0.2) is 11.5 Å². The summed E-state index contributed by atoms with van der Waals surface area (Å²) in [6.07, 6.45) is -4.70. The van der Waals surface area contributed by atoms with Crippen LogP contribution in [0.1, 0.15) is 15.9 Å². The topological polar surface area (TPSA) is 76.2 Å². The van der Waals surface area contributed by atoms with Crippen LogP contribution in [-0.4, -0.2) is 56.5 Å². The van der Waals surface area contributed by atoms with E-state index in [-0.39, 0.29) is 43.9 Å². The van der Waals surface area contributed by atoms with Crippen LogP contribution in [0.2, 0.25) is 5.02 Å². The average Bonchev–Trinajstić information content (AvgIpc) is 3.20. The molecule has 1 fully saturated rings. The highest BCUT2D eigenvalue weighted by Crippen LogP contribution is 2.35. The molecule has 4 rings (SSSR count). The predicted molar refractivity (Wildman–Crippen MR) is 104 cm³/mol. The van der Waals surface area contributed by atoms with E-state index in [2.05, 4.69) is 0 Å². The summed E-state index contributed by atoms with van der Waals surface area (Å²) in [4.78, 5) is 13.6. The summed E-state index contributed by atoms with van der Waals surface area (Å²) in [5.74, 6) is 0.670. The molecule has 0 spiro atoms. The van der Waals surface area contributed by atoms with Gasteiger partial charge in [0.1, 0.15) is 4.90 Å². The van der Waals surface area contributed by atoms with Crippen LogP contribution in [0.4, 0.5) is 13.2 Å². The summed E-state index contributed by atoms with van der Waals surface area (Å²) in [6, 6.07) is 6.92. The number of halogens is 4. The number of piperazine rings is 1. The maximum absolute atomic E-state index is 13.0. The maximum Gasteiger partial charge on any atom is 0.416 e. The molecule has 2 aromatic carbocycles. The first kappa shape index (κ1) is 21.7. The Morgan fingerprint density at radius 2 is 1.65 bits per heavy atom. The molecule has 1 saturated heterocycles. The van der Waals surface area contributed by atoms with Gasteiger partial charge >= 0.3 is 6.18 Å². The zero-order chi connectivity index (χ0) is 22.4. The number of benzene rings is 2. The molecule has 0 aromatic heterocycles. The van der Waals surface area contributed by atoms with Gasteiger partial charge in [-0.15, -0.1) is 0 Å². The number of alkyl halides is 3. The minimum atomic E-state index is -4.70. The fourth-order valence-corrected chi connectivity index (χ4v) is 5.28. The van der Waals surface area contributed by atoms with E-state index in [1.807, 2.05) is 0 Å². The number of carbonyl (C=O) groups is 1. The van der Waals surface area contributed by atoms with Crippen molar-refractivity contribution < 1.29 is 35.9 Å². The minimum absolute atomic E-state index is 0.0710. The zero-order valence-electron chi connectivity index (χ0n) is 15.9. The highest BCUT2D eigenvalue weighted by molar-refractivity contribution is 7.89. The molecule has 166 valence electrons. The van der Waals surface area contributed by atoms with Crippen LogP contribution in [0.25, 0.3) is 0 Å². The number of carbonyl (C=O) groups excluding carboxylic acids is 1. The SMILES string of the molecule is O=C(c1ccc2c(c1)OCO2)N1CCN(S(=O)(=O)c2cc(C(F)(F)F)ccc2Cl)CC1. The minimum Gasteiger partial charge on any atom is -0.454 e. The summed E-state index contributed by atoms with van der Waals surface area (Å²) in [5.41, 5.74) is -0.742. The van der Waals surface area contributed by atoms with Gasteiger partial charge in [-0.05, 0) is 36.4 Å². The lowest BCUT2D eigenvalue weighted by Crippen LogP contribution is -2.50. The molecule has 0 N–H and O–H groups in total. The number of rotatable bonds is 3. The third-order valence-corrected chi connectivity index (χ3v) is 7.40. The van der Waals surface area contributed by atoms with Crippen LogP contribution in [0, 0.1) is 0 Å². The molecule has 2 aliphatic heterocycles. The molecule has 0 aliphatic carbocycles. The van der Waals surface area contributed by atoms with Crippen molar-refractivity contribution in [1.82, 2.24) is 9.21 Å². The van der Waals surface area contributed by atoms with Crippen molar-refractivity contribution in [2.24, 2.45) is 0 Å². The Morgan fingerprint density at radius 3 is 2.32 bits per heavy atom. The second kappa shape index (κ2) is 7.88. The second-order valence-electron chi connectivity index (χ2n) is 6.91. The monoisotopic (exact) mass is 476 g/mol. The highest BCUT2D eigenvalue weighted by Gasteiger charge is 2.36. The van der Waals surface area contributed by atoms with E-state index in [1.54, 1.807) is 18.2 Å². The van der Waals surface area contributed by atoms with Crippen LogP contribution in [0.5, 0.6) is 11.5 Å². The standard InChI is InChI=1S/C19H16ClF3N2O5S/c20-14-3-2-13(19(21,22)23)10-17(14)31(27,28)25-7-5-24(6-8-25)18(26)12-1-4-15-16(9-12)30-11-29-15/h1-4,9-10H,5-8,11H2. The van der Waals surface area contributed by atoms with Gasteiger partial charge in [-0.2, -0.15) is 17.5 Å². The Hall–Kier alpha value is -2.50. The average molecular weight is 477 g/mol. The molecule has 0 saturated carbocycles. The largest absolute Gasteiger partial charge is 0.454 e. The third-order valence-electron chi connectivity index (χ3n) is 5.02. The lowest BCUT2D eigenvalue weighted by Gasteiger charge is -2.34. The quantitative estimate of drug-likeness (QED) is 0.680. The summed E-state index contributed by atoms with van der Waals surface area (Å²) in [6.45, 7) is 0.0597. The number of nitrogens with zero attached hydrogens (tertiary/aromatic N) is 2. The number of sulfonamides is 1. The van der Waals surface area contributed by atoms with Crippen molar-refractivity contribution in [3.63, 3.8) is 0 Å². The van der Waals surface area contributed by atoms with E-state index in [0.29, 0.717) is 23.1 Å². The number of hydrogen-bond acceptors (Lipinski definition) is 5. The van der Waals surface area contributed by atoms with Gasteiger partial charge in [0.05, 0.1) is 10.6 Å². The van der Waals surface area contributed by atoms with Crippen molar-refractivity contribution >= 4 is 27.5 Å². The van der Waals surface area contributed by atoms with E-state index in [0.717, 1.165) is 16.4 Å². The number of ether oxygens (including phenoxy) is 2. The number of amides is 1. The van der Waals surface area contributed by atoms with Gasteiger partial charge < -0.3 is 14.4 Å². The van der Waals surface area contributed by atoms with Gasteiger partial charge in [-0.25, -0.2) is 8.42 Å². The van der Waals surface area contributed by atoms with Crippen LogP contribution in [-0.2, 0) is 16.2 Å². The molecule has 0 bridgehead atoms. The molecular weight excluding hydrogens is 461 g/mol. The van der Waals surface area contributed by atoms with E-state index in [1.165, 1.54) is 4.90 Å². The van der Waals surface area contributed by atoms with Crippen LogP contribution in [0.15, 0.2) is 41.3 Å². The summed E-state index contributed by atoms with van der Waals surface area (Å²) in [7, 11) is -4.27. The highest BCUT2D eigenvalue weighted by atomic mass is 35.5. The second-order valence-corrected chi connectivity index (χ2v) is 9.22. The molecule has 0 unspecified atom stereocenters. The van der Waals surface area contributed by atoms with E-state index in [9.17, 15) is 26.4 Å². The van der Waals surface area contributed by atoms with Gasteiger partial charge in [0, 0.05) is 31.7 Å². The lowest BCUT2D eigenvalue weighted by molar-refractivity contribution is -0.137. The summed E-state index contributed by atoms with van der Waals surface area (Å²) < 4.78 is 76.3. The Morgan fingerprint density at radius 1 is 0.968 bits per heavy atom. The smallest absolute Gasteiger partial charge is 0.416 e. The molecule has 2 heterocycles. The van der Waals surface area contributed by atoms with Gasteiger partial charge in [-0.1, -0.05) is 11.6 Å². The van der Waals surface area contributed by atoms with Crippen molar-refractivity contribution in [1.29, 1.82) is 0 Å². The first-order chi connectivity index (χ1) is 14.6. The Bertz CT molecular complexity index is 1130. The molecule has 12 heteroatoms. The van der Waals surface area contributed by atoms with E-state index < -0.39 is 26.7 Å². The Kier molecular flexibility index (Phi) is 5.52. The number of fused-ring (bicyclic) bond motifs is 1. The Balaban J connectivity index is 1.49. The first-order valence-electron chi connectivity index (χ1n) is 9.13. The van der Waals surface area contributed by atoms with E-state index >= 15 is 0 Å².